The number of likely N-dealkylation sites (N-methyl/N-ethyl adjacent to an activating group) is 1. The van der Waals surface area contributed by atoms with Gasteiger partial charge in [-0.15, -0.1) is 0 Å². The van der Waals surface area contributed by atoms with Gasteiger partial charge in [-0.2, -0.15) is 0 Å². The summed E-state index contributed by atoms with van der Waals surface area (Å²) in [6, 6.07) is 8.35. The van der Waals surface area contributed by atoms with Gasteiger partial charge in [-0.1, -0.05) is 12.1 Å². The lowest BCUT2D eigenvalue weighted by Gasteiger charge is -2.26. The quantitative estimate of drug-likeness (QED) is 0.809. The maximum absolute atomic E-state index is 5.81. The molecular formula is C15H24N2O2. The number of benzene rings is 1. The number of nitrogens with one attached hydrogen (secondary N) is 1. The zero-order chi connectivity index (χ0) is 13.3. The average molecular weight is 264 g/mol. The molecule has 0 saturated carbocycles. The Morgan fingerprint density at radius 3 is 3.16 bits per heavy atom. The highest BCUT2D eigenvalue weighted by atomic mass is 16.5. The number of ether oxygens (including phenoxy) is 2. The molecule has 0 spiro atoms. The maximum atomic E-state index is 5.81. The summed E-state index contributed by atoms with van der Waals surface area (Å²) in [4.78, 5) is 2.29. The van der Waals surface area contributed by atoms with Gasteiger partial charge in [-0.05, 0) is 44.1 Å². The first-order valence-corrected chi connectivity index (χ1v) is 7.05. The van der Waals surface area contributed by atoms with Crippen molar-refractivity contribution in [1.82, 2.24) is 10.2 Å². The van der Waals surface area contributed by atoms with E-state index in [0.717, 1.165) is 58.2 Å². The summed E-state index contributed by atoms with van der Waals surface area (Å²) in [6.07, 6.45) is 2.16. The average Bonchev–Trinajstić information content (AvgIpc) is 2.47. The molecule has 0 atom stereocenters. The zero-order valence-corrected chi connectivity index (χ0v) is 11.7. The molecule has 0 radical (unpaired) electrons. The van der Waals surface area contributed by atoms with Gasteiger partial charge in [-0.3, -0.25) is 4.90 Å². The van der Waals surface area contributed by atoms with Crippen LogP contribution >= 0.6 is 0 Å². The molecule has 1 aromatic carbocycles. The van der Waals surface area contributed by atoms with Crippen LogP contribution in [0.4, 0.5) is 0 Å². The van der Waals surface area contributed by atoms with E-state index < -0.39 is 0 Å². The van der Waals surface area contributed by atoms with Crippen molar-refractivity contribution in [3.8, 4) is 5.75 Å². The largest absolute Gasteiger partial charge is 0.492 e. The molecule has 0 aliphatic carbocycles. The predicted octanol–water partition coefficient (Wildman–Crippen LogP) is 1.51. The third kappa shape index (κ3) is 5.19. The van der Waals surface area contributed by atoms with Crippen LogP contribution < -0.4 is 10.1 Å². The molecule has 1 aliphatic heterocycles. The van der Waals surface area contributed by atoms with E-state index in [4.69, 9.17) is 9.47 Å². The van der Waals surface area contributed by atoms with Crippen LogP contribution in [-0.2, 0) is 11.2 Å². The summed E-state index contributed by atoms with van der Waals surface area (Å²) >= 11 is 0. The molecule has 106 valence electrons. The van der Waals surface area contributed by atoms with Gasteiger partial charge < -0.3 is 14.8 Å². The Kier molecular flexibility index (Phi) is 6.14. The second kappa shape index (κ2) is 8.15. The zero-order valence-electron chi connectivity index (χ0n) is 11.7. The molecule has 1 N–H and O–H groups in total. The van der Waals surface area contributed by atoms with Crippen molar-refractivity contribution >= 4 is 0 Å². The van der Waals surface area contributed by atoms with Gasteiger partial charge in [0.25, 0.3) is 0 Å². The van der Waals surface area contributed by atoms with Crippen LogP contribution in [0, 0.1) is 0 Å². The first kappa shape index (κ1) is 14.3. The Hall–Kier alpha value is -1.10. The van der Waals surface area contributed by atoms with Gasteiger partial charge in [0.1, 0.15) is 12.4 Å². The molecule has 0 amide bonds. The Morgan fingerprint density at radius 2 is 2.37 bits per heavy atom. The van der Waals surface area contributed by atoms with E-state index in [1.54, 1.807) is 0 Å². The third-order valence-corrected chi connectivity index (χ3v) is 3.28. The van der Waals surface area contributed by atoms with Crippen molar-refractivity contribution < 1.29 is 9.47 Å². The summed E-state index contributed by atoms with van der Waals surface area (Å²) in [5.41, 5.74) is 1.31. The minimum Gasteiger partial charge on any atom is -0.492 e. The minimum absolute atomic E-state index is 0.721. The third-order valence-electron chi connectivity index (χ3n) is 3.28. The van der Waals surface area contributed by atoms with Gasteiger partial charge in [0.15, 0.2) is 0 Å². The van der Waals surface area contributed by atoms with E-state index in [-0.39, 0.29) is 0 Å². The summed E-state index contributed by atoms with van der Waals surface area (Å²) in [5, 5.41) is 3.16. The fourth-order valence-corrected chi connectivity index (χ4v) is 2.18. The van der Waals surface area contributed by atoms with Gasteiger partial charge >= 0.3 is 0 Å². The monoisotopic (exact) mass is 264 g/mol. The van der Waals surface area contributed by atoms with Gasteiger partial charge in [0.05, 0.1) is 6.73 Å². The summed E-state index contributed by atoms with van der Waals surface area (Å²) in [6.45, 7) is 5.40. The first-order chi connectivity index (χ1) is 9.38. The Labute approximate surface area is 115 Å². The van der Waals surface area contributed by atoms with Gasteiger partial charge in [0.2, 0.25) is 0 Å². The highest BCUT2D eigenvalue weighted by Crippen LogP contribution is 2.13. The molecule has 1 heterocycles. The van der Waals surface area contributed by atoms with Crippen molar-refractivity contribution in [2.75, 3.05) is 46.6 Å². The van der Waals surface area contributed by atoms with Gasteiger partial charge in [-0.25, -0.2) is 0 Å². The van der Waals surface area contributed by atoms with E-state index in [2.05, 4.69) is 28.4 Å². The van der Waals surface area contributed by atoms with Gasteiger partial charge in [0, 0.05) is 19.7 Å². The van der Waals surface area contributed by atoms with E-state index in [9.17, 15) is 0 Å². The molecule has 0 bridgehead atoms. The molecule has 1 fully saturated rings. The van der Waals surface area contributed by atoms with E-state index in [1.807, 2.05) is 13.1 Å². The molecule has 0 unspecified atom stereocenters. The summed E-state index contributed by atoms with van der Waals surface area (Å²) < 4.78 is 11.2. The topological polar surface area (TPSA) is 33.7 Å². The Morgan fingerprint density at radius 1 is 1.42 bits per heavy atom. The second-order valence-electron chi connectivity index (χ2n) is 4.86. The molecule has 1 aromatic rings. The summed E-state index contributed by atoms with van der Waals surface area (Å²) in [5.74, 6) is 0.964. The standard InChI is InChI=1S/C15H24N2O2/c1-16-7-6-14-4-2-5-15(12-14)19-11-9-17-8-3-10-18-13-17/h2,4-5,12,16H,3,6-11,13H2,1H3. The molecular weight excluding hydrogens is 240 g/mol. The molecule has 1 saturated heterocycles. The molecule has 1 aliphatic rings. The molecule has 0 aromatic heterocycles. The fraction of sp³-hybridized carbons (Fsp3) is 0.600. The number of hydrogen-bond acceptors (Lipinski definition) is 4. The van der Waals surface area contributed by atoms with Crippen molar-refractivity contribution in [1.29, 1.82) is 0 Å². The number of nitrogens with zero attached hydrogens (tertiary/aromatic N) is 1. The highest BCUT2D eigenvalue weighted by Gasteiger charge is 2.09. The summed E-state index contributed by atoms with van der Waals surface area (Å²) in [7, 11) is 1.97. The SMILES string of the molecule is CNCCc1cccc(OCCN2CCCOC2)c1. The lowest BCUT2D eigenvalue weighted by atomic mass is 10.1. The van der Waals surface area contributed by atoms with E-state index in [0.29, 0.717) is 0 Å². The van der Waals surface area contributed by atoms with Crippen molar-refractivity contribution in [3.63, 3.8) is 0 Å². The predicted molar refractivity (Wildman–Crippen MR) is 76.6 cm³/mol. The van der Waals surface area contributed by atoms with Crippen LogP contribution in [0.15, 0.2) is 24.3 Å². The highest BCUT2D eigenvalue weighted by molar-refractivity contribution is 5.28. The number of rotatable bonds is 7. The van der Waals surface area contributed by atoms with E-state index >= 15 is 0 Å². The second-order valence-corrected chi connectivity index (χ2v) is 4.86. The van der Waals surface area contributed by atoms with Crippen LogP contribution in [-0.4, -0.2) is 51.5 Å². The Balaban J connectivity index is 1.72. The van der Waals surface area contributed by atoms with Crippen LogP contribution in [0.2, 0.25) is 0 Å². The minimum atomic E-state index is 0.721. The number of hydrogen-bond donors (Lipinski definition) is 1. The fourth-order valence-electron chi connectivity index (χ4n) is 2.18. The normalized spacial score (nSPS) is 16.5. The molecule has 19 heavy (non-hydrogen) atoms. The Bertz CT molecular complexity index is 365. The lowest BCUT2D eigenvalue weighted by Crippen LogP contribution is -2.36. The van der Waals surface area contributed by atoms with Crippen LogP contribution in [0.25, 0.3) is 0 Å². The first-order valence-electron chi connectivity index (χ1n) is 7.05. The molecule has 4 nitrogen and oxygen atoms in total. The smallest absolute Gasteiger partial charge is 0.119 e. The van der Waals surface area contributed by atoms with Crippen molar-refractivity contribution in [2.45, 2.75) is 12.8 Å². The van der Waals surface area contributed by atoms with Crippen molar-refractivity contribution in [2.24, 2.45) is 0 Å². The van der Waals surface area contributed by atoms with Crippen LogP contribution in [0.3, 0.4) is 0 Å². The molecule has 4 heteroatoms. The molecule has 2 rings (SSSR count). The van der Waals surface area contributed by atoms with Crippen molar-refractivity contribution in [3.05, 3.63) is 29.8 Å². The maximum Gasteiger partial charge on any atom is 0.119 e. The van der Waals surface area contributed by atoms with E-state index in [1.165, 1.54) is 5.56 Å². The van der Waals surface area contributed by atoms with Crippen LogP contribution in [0.1, 0.15) is 12.0 Å². The lowest BCUT2D eigenvalue weighted by molar-refractivity contribution is -0.0181. The van der Waals surface area contributed by atoms with Crippen LogP contribution in [0.5, 0.6) is 5.75 Å².